The molecule has 0 saturated heterocycles. The summed E-state index contributed by atoms with van der Waals surface area (Å²) < 4.78 is 0. The third-order valence-corrected chi connectivity index (χ3v) is 4.07. The fraction of sp³-hybridized carbons (Fsp3) is 1.00. The Bertz CT molecular complexity index is 171. The average molecular weight is 183 g/mol. The summed E-state index contributed by atoms with van der Waals surface area (Å²) in [6, 6.07) is 0. The number of nitrogens with two attached hydrogens (primary N) is 1. The van der Waals surface area contributed by atoms with Crippen LogP contribution in [0.25, 0.3) is 0 Å². The van der Waals surface area contributed by atoms with E-state index in [1.54, 1.807) is 0 Å². The molecule has 4 atom stereocenters. The zero-order chi connectivity index (χ0) is 9.42. The summed E-state index contributed by atoms with van der Waals surface area (Å²) in [4.78, 5) is 0. The van der Waals surface area contributed by atoms with E-state index in [1.807, 2.05) is 0 Å². The van der Waals surface area contributed by atoms with E-state index in [0.29, 0.717) is 12.5 Å². The highest BCUT2D eigenvalue weighted by atomic mass is 16.3. The maximum Gasteiger partial charge on any atom is 0.0611 e. The minimum absolute atomic E-state index is 0.127. The first-order chi connectivity index (χ1) is 6.25. The molecule has 2 aliphatic carbocycles. The highest BCUT2D eigenvalue weighted by Gasteiger charge is 2.54. The molecule has 2 rings (SSSR count). The number of hydrogen-bond acceptors (Lipinski definition) is 2. The third-order valence-electron chi connectivity index (χ3n) is 4.07. The first-order valence-electron chi connectivity index (χ1n) is 5.64. The second-order valence-electron chi connectivity index (χ2n) is 4.89. The van der Waals surface area contributed by atoms with Crippen LogP contribution in [0.15, 0.2) is 0 Å². The molecular formula is C11H21NO. The van der Waals surface area contributed by atoms with Crippen molar-refractivity contribution in [2.45, 2.75) is 38.7 Å². The van der Waals surface area contributed by atoms with Crippen LogP contribution in [0.2, 0.25) is 0 Å². The lowest BCUT2D eigenvalue weighted by Gasteiger charge is -2.16. The van der Waals surface area contributed by atoms with Crippen LogP contribution in [0.3, 0.4) is 0 Å². The molecule has 0 aromatic heterocycles. The zero-order valence-electron chi connectivity index (χ0n) is 8.45. The van der Waals surface area contributed by atoms with Crippen molar-refractivity contribution in [3.63, 3.8) is 0 Å². The van der Waals surface area contributed by atoms with Gasteiger partial charge in [-0.15, -0.1) is 0 Å². The fourth-order valence-electron chi connectivity index (χ4n) is 3.07. The highest BCUT2D eigenvalue weighted by Crippen LogP contribution is 2.57. The van der Waals surface area contributed by atoms with Gasteiger partial charge in [-0.3, -0.25) is 0 Å². The summed E-state index contributed by atoms with van der Waals surface area (Å²) in [5.41, 5.74) is 5.57. The maximum atomic E-state index is 10.0. The van der Waals surface area contributed by atoms with Gasteiger partial charge in [-0.1, -0.05) is 19.8 Å². The molecule has 0 amide bonds. The van der Waals surface area contributed by atoms with Crippen LogP contribution < -0.4 is 5.73 Å². The third kappa shape index (κ3) is 1.62. The summed E-state index contributed by atoms with van der Waals surface area (Å²) in [5, 5.41) is 10.0. The van der Waals surface area contributed by atoms with E-state index >= 15 is 0 Å². The molecule has 2 saturated carbocycles. The molecule has 0 spiro atoms. The second kappa shape index (κ2) is 3.58. The van der Waals surface area contributed by atoms with Crippen LogP contribution >= 0.6 is 0 Å². The van der Waals surface area contributed by atoms with Gasteiger partial charge in [0.25, 0.3) is 0 Å². The van der Waals surface area contributed by atoms with E-state index in [9.17, 15) is 5.11 Å². The minimum Gasteiger partial charge on any atom is -0.392 e. The topological polar surface area (TPSA) is 46.2 Å². The molecule has 2 heteroatoms. The smallest absolute Gasteiger partial charge is 0.0611 e. The van der Waals surface area contributed by atoms with Crippen molar-refractivity contribution in [1.29, 1.82) is 0 Å². The van der Waals surface area contributed by atoms with E-state index in [4.69, 9.17) is 5.73 Å². The predicted molar refractivity (Wildman–Crippen MR) is 53.2 cm³/mol. The van der Waals surface area contributed by atoms with Gasteiger partial charge in [0.05, 0.1) is 6.10 Å². The van der Waals surface area contributed by atoms with Gasteiger partial charge in [-0.2, -0.15) is 0 Å². The van der Waals surface area contributed by atoms with Crippen molar-refractivity contribution < 1.29 is 5.11 Å². The Morgan fingerprint density at radius 1 is 1.31 bits per heavy atom. The lowest BCUT2D eigenvalue weighted by atomic mass is 9.99. The monoisotopic (exact) mass is 183 g/mol. The summed E-state index contributed by atoms with van der Waals surface area (Å²) in [6.45, 7) is 2.69. The van der Waals surface area contributed by atoms with Gasteiger partial charge in [0.15, 0.2) is 0 Å². The number of aliphatic hydroxyl groups is 1. The maximum absolute atomic E-state index is 10.0. The van der Waals surface area contributed by atoms with Crippen LogP contribution in [0.5, 0.6) is 0 Å². The van der Waals surface area contributed by atoms with Gasteiger partial charge < -0.3 is 10.8 Å². The van der Waals surface area contributed by atoms with Crippen LogP contribution in [0.1, 0.15) is 32.6 Å². The molecular weight excluding hydrogens is 162 g/mol. The Kier molecular flexibility index (Phi) is 2.61. The van der Waals surface area contributed by atoms with Gasteiger partial charge in [0, 0.05) is 0 Å². The van der Waals surface area contributed by atoms with Gasteiger partial charge in [-0.05, 0) is 43.1 Å². The Labute approximate surface area is 80.5 Å². The van der Waals surface area contributed by atoms with Crippen LogP contribution in [-0.4, -0.2) is 17.8 Å². The van der Waals surface area contributed by atoms with Crippen molar-refractivity contribution in [2.24, 2.45) is 29.4 Å². The molecule has 13 heavy (non-hydrogen) atoms. The van der Waals surface area contributed by atoms with Crippen LogP contribution in [-0.2, 0) is 0 Å². The average Bonchev–Trinajstić information content (AvgIpc) is 2.89. The SMILES string of the molecule is CC(CN)C(O)C1C2CCCCC21. The Morgan fingerprint density at radius 3 is 2.31 bits per heavy atom. The highest BCUT2D eigenvalue weighted by molar-refractivity contribution is 5.03. The van der Waals surface area contributed by atoms with E-state index in [-0.39, 0.29) is 12.0 Å². The summed E-state index contributed by atoms with van der Waals surface area (Å²) in [7, 11) is 0. The van der Waals surface area contributed by atoms with Crippen molar-refractivity contribution in [2.75, 3.05) is 6.54 Å². The van der Waals surface area contributed by atoms with E-state index < -0.39 is 0 Å². The standard InChI is InChI=1S/C11H21NO/c1-7(6-12)11(13)10-8-4-2-3-5-9(8)10/h7-11,13H,2-6,12H2,1H3. The molecule has 0 radical (unpaired) electrons. The molecule has 2 nitrogen and oxygen atoms in total. The lowest BCUT2D eigenvalue weighted by Crippen LogP contribution is -2.27. The molecule has 76 valence electrons. The summed E-state index contributed by atoms with van der Waals surface area (Å²) in [5.74, 6) is 2.58. The van der Waals surface area contributed by atoms with Gasteiger partial charge >= 0.3 is 0 Å². The van der Waals surface area contributed by atoms with E-state index in [1.165, 1.54) is 25.7 Å². The Hall–Kier alpha value is -0.0800. The van der Waals surface area contributed by atoms with E-state index in [0.717, 1.165) is 11.8 Å². The predicted octanol–water partition coefficient (Wildman–Crippen LogP) is 1.38. The zero-order valence-corrected chi connectivity index (χ0v) is 8.45. The van der Waals surface area contributed by atoms with Crippen LogP contribution in [0, 0.1) is 23.7 Å². The van der Waals surface area contributed by atoms with Gasteiger partial charge in [0.2, 0.25) is 0 Å². The van der Waals surface area contributed by atoms with Gasteiger partial charge in [0.1, 0.15) is 0 Å². The quantitative estimate of drug-likeness (QED) is 0.694. The number of hydrogen-bond donors (Lipinski definition) is 2. The molecule has 0 bridgehead atoms. The lowest BCUT2D eigenvalue weighted by molar-refractivity contribution is 0.0891. The molecule has 2 fully saturated rings. The second-order valence-corrected chi connectivity index (χ2v) is 4.89. The van der Waals surface area contributed by atoms with E-state index in [2.05, 4.69) is 6.92 Å². The van der Waals surface area contributed by atoms with Crippen molar-refractivity contribution in [1.82, 2.24) is 0 Å². The van der Waals surface area contributed by atoms with Crippen molar-refractivity contribution in [3.8, 4) is 0 Å². The number of fused-ring (bicyclic) bond motifs is 1. The first-order valence-corrected chi connectivity index (χ1v) is 5.64. The van der Waals surface area contributed by atoms with Crippen molar-refractivity contribution >= 4 is 0 Å². The normalized spacial score (nSPS) is 42.2. The molecule has 3 N–H and O–H groups in total. The minimum atomic E-state index is -0.127. The van der Waals surface area contributed by atoms with Gasteiger partial charge in [-0.25, -0.2) is 0 Å². The van der Waals surface area contributed by atoms with Crippen LogP contribution in [0.4, 0.5) is 0 Å². The molecule has 0 aromatic rings. The molecule has 0 aromatic carbocycles. The first kappa shape index (κ1) is 9.47. The molecule has 0 aliphatic heterocycles. The molecule has 4 unspecified atom stereocenters. The largest absolute Gasteiger partial charge is 0.392 e. The summed E-state index contributed by atoms with van der Waals surface area (Å²) >= 11 is 0. The Morgan fingerprint density at radius 2 is 1.85 bits per heavy atom. The number of rotatable bonds is 3. The molecule has 2 aliphatic rings. The Balaban J connectivity index is 1.89. The molecule has 0 heterocycles. The van der Waals surface area contributed by atoms with Crippen molar-refractivity contribution in [3.05, 3.63) is 0 Å². The summed E-state index contributed by atoms with van der Waals surface area (Å²) in [6.07, 6.45) is 5.33. The number of aliphatic hydroxyl groups excluding tert-OH is 1. The fourth-order valence-corrected chi connectivity index (χ4v) is 3.07.